The molecule has 0 spiro atoms. The van der Waals surface area contributed by atoms with Gasteiger partial charge in [-0.1, -0.05) is 41.7 Å². The standard InChI is InChI=1S/C15H14N4OS/c1-10-16-12-9-19(8-7-13(12)20-10)15-18-17-14(21-15)11-5-3-2-4-6-11/h2-6H,7-9H2,1H3. The van der Waals surface area contributed by atoms with E-state index in [1.54, 1.807) is 11.3 Å². The molecule has 0 saturated heterocycles. The Labute approximate surface area is 126 Å². The summed E-state index contributed by atoms with van der Waals surface area (Å²) < 4.78 is 5.59. The maximum absolute atomic E-state index is 5.59. The molecule has 1 aliphatic rings. The van der Waals surface area contributed by atoms with E-state index in [1.807, 2.05) is 25.1 Å². The first-order chi connectivity index (χ1) is 10.3. The van der Waals surface area contributed by atoms with Crippen LogP contribution in [-0.4, -0.2) is 21.7 Å². The van der Waals surface area contributed by atoms with E-state index in [1.165, 1.54) is 0 Å². The number of hydrogen-bond acceptors (Lipinski definition) is 6. The van der Waals surface area contributed by atoms with Gasteiger partial charge in [-0.25, -0.2) is 4.98 Å². The average Bonchev–Trinajstić information content (AvgIpc) is 3.12. The number of aryl methyl sites for hydroxylation is 1. The second-order valence-corrected chi connectivity index (χ2v) is 5.99. The smallest absolute Gasteiger partial charge is 0.208 e. The molecule has 6 heteroatoms. The van der Waals surface area contributed by atoms with Gasteiger partial charge in [-0.3, -0.25) is 0 Å². The number of rotatable bonds is 2. The molecule has 1 aliphatic heterocycles. The van der Waals surface area contributed by atoms with Crippen molar-refractivity contribution in [2.24, 2.45) is 0 Å². The van der Waals surface area contributed by atoms with Gasteiger partial charge in [0.05, 0.1) is 6.54 Å². The van der Waals surface area contributed by atoms with E-state index in [0.29, 0.717) is 0 Å². The quantitative estimate of drug-likeness (QED) is 0.728. The van der Waals surface area contributed by atoms with E-state index >= 15 is 0 Å². The fraction of sp³-hybridized carbons (Fsp3) is 0.267. The van der Waals surface area contributed by atoms with E-state index in [4.69, 9.17) is 4.42 Å². The lowest BCUT2D eigenvalue weighted by Gasteiger charge is -2.23. The second-order valence-electron chi connectivity index (χ2n) is 5.03. The van der Waals surface area contributed by atoms with Crippen molar-refractivity contribution in [1.82, 2.24) is 15.2 Å². The number of anilines is 1. The van der Waals surface area contributed by atoms with Gasteiger partial charge in [0.15, 0.2) is 5.89 Å². The largest absolute Gasteiger partial charge is 0.446 e. The molecule has 1 aromatic carbocycles. The third kappa shape index (κ3) is 2.31. The molecule has 21 heavy (non-hydrogen) atoms. The highest BCUT2D eigenvalue weighted by Crippen LogP contribution is 2.31. The number of aromatic nitrogens is 3. The molecule has 4 rings (SSSR count). The lowest BCUT2D eigenvalue weighted by molar-refractivity contribution is 0.463. The third-order valence-corrected chi connectivity index (χ3v) is 4.57. The summed E-state index contributed by atoms with van der Waals surface area (Å²) in [7, 11) is 0. The normalized spacial score (nSPS) is 14.2. The first-order valence-electron chi connectivity index (χ1n) is 6.88. The Balaban J connectivity index is 1.60. The molecule has 2 aromatic heterocycles. The fourth-order valence-electron chi connectivity index (χ4n) is 2.53. The summed E-state index contributed by atoms with van der Waals surface area (Å²) in [6.07, 6.45) is 0.871. The molecule has 0 N–H and O–H groups in total. The first kappa shape index (κ1) is 12.5. The molecule has 0 amide bonds. The minimum atomic E-state index is 0.740. The van der Waals surface area contributed by atoms with E-state index in [2.05, 4.69) is 32.2 Å². The zero-order valence-electron chi connectivity index (χ0n) is 11.6. The van der Waals surface area contributed by atoms with Crippen LogP contribution < -0.4 is 4.90 Å². The zero-order valence-corrected chi connectivity index (χ0v) is 12.4. The van der Waals surface area contributed by atoms with E-state index in [0.717, 1.165) is 52.6 Å². The summed E-state index contributed by atoms with van der Waals surface area (Å²) in [5, 5.41) is 10.5. The summed E-state index contributed by atoms with van der Waals surface area (Å²) in [4.78, 5) is 6.66. The Morgan fingerprint density at radius 2 is 2.05 bits per heavy atom. The highest BCUT2D eigenvalue weighted by Gasteiger charge is 2.23. The van der Waals surface area contributed by atoms with Gasteiger partial charge in [0.25, 0.3) is 0 Å². The van der Waals surface area contributed by atoms with Crippen molar-refractivity contribution >= 4 is 16.5 Å². The van der Waals surface area contributed by atoms with E-state index < -0.39 is 0 Å². The van der Waals surface area contributed by atoms with Crippen LogP contribution in [0.4, 0.5) is 5.13 Å². The summed E-state index contributed by atoms with van der Waals surface area (Å²) in [6.45, 7) is 3.53. The van der Waals surface area contributed by atoms with Crippen LogP contribution in [0.3, 0.4) is 0 Å². The van der Waals surface area contributed by atoms with Gasteiger partial charge in [-0.2, -0.15) is 0 Å². The van der Waals surface area contributed by atoms with E-state index in [9.17, 15) is 0 Å². The van der Waals surface area contributed by atoms with Crippen molar-refractivity contribution in [2.45, 2.75) is 19.9 Å². The van der Waals surface area contributed by atoms with Crippen LogP contribution in [-0.2, 0) is 13.0 Å². The van der Waals surface area contributed by atoms with Crippen molar-refractivity contribution in [1.29, 1.82) is 0 Å². The highest BCUT2D eigenvalue weighted by atomic mass is 32.1. The Morgan fingerprint density at radius 1 is 1.19 bits per heavy atom. The number of nitrogens with zero attached hydrogens (tertiary/aromatic N) is 4. The second kappa shape index (κ2) is 4.96. The van der Waals surface area contributed by atoms with Crippen molar-refractivity contribution < 1.29 is 4.42 Å². The van der Waals surface area contributed by atoms with Gasteiger partial charge in [-0.05, 0) is 0 Å². The minimum absolute atomic E-state index is 0.740. The predicted octanol–water partition coefficient (Wildman–Crippen LogP) is 3.06. The van der Waals surface area contributed by atoms with Crippen LogP contribution in [0.2, 0.25) is 0 Å². The molecule has 0 aliphatic carbocycles. The average molecular weight is 298 g/mol. The van der Waals surface area contributed by atoms with Crippen molar-refractivity contribution in [3.8, 4) is 10.6 Å². The lowest BCUT2D eigenvalue weighted by atomic mass is 10.2. The van der Waals surface area contributed by atoms with E-state index in [-0.39, 0.29) is 0 Å². The van der Waals surface area contributed by atoms with Gasteiger partial charge in [0, 0.05) is 25.5 Å². The van der Waals surface area contributed by atoms with Crippen LogP contribution in [0, 0.1) is 6.92 Å². The van der Waals surface area contributed by atoms with Gasteiger partial charge >= 0.3 is 0 Å². The number of fused-ring (bicyclic) bond motifs is 1. The topological polar surface area (TPSA) is 55.1 Å². The molecule has 0 atom stereocenters. The Kier molecular flexibility index (Phi) is 2.96. The molecule has 5 nitrogen and oxygen atoms in total. The number of oxazole rings is 1. The van der Waals surface area contributed by atoms with Crippen LogP contribution in [0.1, 0.15) is 17.3 Å². The van der Waals surface area contributed by atoms with Gasteiger partial charge in [0.2, 0.25) is 5.13 Å². The summed E-state index contributed by atoms with van der Waals surface area (Å²) in [6, 6.07) is 10.1. The summed E-state index contributed by atoms with van der Waals surface area (Å²) in [5.41, 5.74) is 2.13. The molecule has 0 fully saturated rings. The maximum Gasteiger partial charge on any atom is 0.208 e. The number of benzene rings is 1. The first-order valence-corrected chi connectivity index (χ1v) is 7.70. The van der Waals surface area contributed by atoms with Gasteiger partial charge < -0.3 is 9.32 Å². The maximum atomic E-state index is 5.59. The molecule has 0 saturated carbocycles. The highest BCUT2D eigenvalue weighted by molar-refractivity contribution is 7.18. The van der Waals surface area contributed by atoms with Crippen LogP contribution in [0.5, 0.6) is 0 Å². The number of hydrogen-bond donors (Lipinski definition) is 0. The van der Waals surface area contributed by atoms with Crippen molar-refractivity contribution in [3.05, 3.63) is 47.7 Å². The predicted molar refractivity (Wildman–Crippen MR) is 81.3 cm³/mol. The summed E-state index contributed by atoms with van der Waals surface area (Å²) in [5.74, 6) is 1.75. The van der Waals surface area contributed by atoms with Crippen LogP contribution in [0.25, 0.3) is 10.6 Å². The monoisotopic (exact) mass is 298 g/mol. The van der Waals surface area contributed by atoms with Crippen molar-refractivity contribution in [3.63, 3.8) is 0 Å². The molecular weight excluding hydrogens is 284 g/mol. The Bertz CT molecular complexity index is 765. The fourth-order valence-corrected chi connectivity index (χ4v) is 3.41. The summed E-state index contributed by atoms with van der Waals surface area (Å²) >= 11 is 1.62. The SMILES string of the molecule is Cc1nc2c(o1)CCN(c1nnc(-c3ccccc3)s1)C2. The molecule has 0 radical (unpaired) electrons. The van der Waals surface area contributed by atoms with Gasteiger partial charge in [-0.15, -0.1) is 10.2 Å². The van der Waals surface area contributed by atoms with Crippen molar-refractivity contribution in [2.75, 3.05) is 11.4 Å². The Hall–Kier alpha value is -2.21. The molecule has 3 aromatic rings. The van der Waals surface area contributed by atoms with Gasteiger partial charge in [0.1, 0.15) is 16.5 Å². The zero-order chi connectivity index (χ0) is 14.2. The molecule has 106 valence electrons. The minimum Gasteiger partial charge on any atom is -0.446 e. The van der Waals surface area contributed by atoms with Crippen LogP contribution >= 0.6 is 11.3 Å². The third-order valence-electron chi connectivity index (χ3n) is 3.54. The lowest BCUT2D eigenvalue weighted by Crippen LogP contribution is -2.29. The Morgan fingerprint density at radius 3 is 2.90 bits per heavy atom. The molecule has 0 unspecified atom stereocenters. The van der Waals surface area contributed by atoms with Crippen LogP contribution in [0.15, 0.2) is 34.7 Å². The molecule has 0 bridgehead atoms. The molecule has 3 heterocycles. The molecular formula is C15H14N4OS.